The van der Waals surface area contributed by atoms with E-state index in [-0.39, 0.29) is 6.10 Å². The summed E-state index contributed by atoms with van der Waals surface area (Å²) in [7, 11) is 0. The molecule has 2 fully saturated rings. The quantitative estimate of drug-likeness (QED) is 0.887. The van der Waals surface area contributed by atoms with E-state index in [2.05, 4.69) is 84.3 Å². The van der Waals surface area contributed by atoms with Gasteiger partial charge in [0.1, 0.15) is 0 Å². The van der Waals surface area contributed by atoms with E-state index in [9.17, 15) is 5.11 Å². The largest absolute Gasteiger partial charge is 0.393 e. The fourth-order valence-electron chi connectivity index (χ4n) is 4.92. The Morgan fingerprint density at radius 3 is 1.81 bits per heavy atom. The van der Waals surface area contributed by atoms with E-state index in [1.54, 1.807) is 0 Å². The topological polar surface area (TPSA) is 26.7 Å². The van der Waals surface area contributed by atoms with Gasteiger partial charge < -0.3 is 5.11 Å². The molecule has 0 aromatic heterocycles. The zero-order chi connectivity index (χ0) is 18.1. The van der Waals surface area contributed by atoms with Gasteiger partial charge in [0.25, 0.3) is 0 Å². The maximum Gasteiger partial charge on any atom is 0.0556 e. The summed E-state index contributed by atoms with van der Waals surface area (Å²) in [5.41, 5.74) is 2.74. The highest BCUT2D eigenvalue weighted by Gasteiger charge is 2.46. The highest BCUT2D eigenvalue weighted by molar-refractivity contribution is 5.22. The van der Waals surface area contributed by atoms with E-state index in [4.69, 9.17) is 0 Å². The molecule has 2 aromatic rings. The highest BCUT2D eigenvalue weighted by atomic mass is 16.3. The zero-order valence-corrected chi connectivity index (χ0v) is 15.8. The maximum atomic E-state index is 10.3. The van der Waals surface area contributed by atoms with Crippen LogP contribution in [0.2, 0.25) is 0 Å². The van der Waals surface area contributed by atoms with Crippen LogP contribution >= 0.6 is 0 Å². The lowest BCUT2D eigenvalue weighted by Crippen LogP contribution is -2.44. The zero-order valence-electron chi connectivity index (χ0n) is 15.8. The Balaban J connectivity index is 1.61. The molecule has 0 unspecified atom stereocenters. The summed E-state index contributed by atoms with van der Waals surface area (Å²) in [4.78, 5) is 5.27. The molecule has 1 saturated heterocycles. The number of hydrogen-bond donors (Lipinski definition) is 1. The molecule has 1 saturated carbocycles. The van der Waals surface area contributed by atoms with Gasteiger partial charge in [-0.15, -0.1) is 0 Å². The number of hydrogen-bond acceptors (Lipinski definition) is 3. The minimum atomic E-state index is -0.159. The molecule has 4 rings (SSSR count). The fraction of sp³-hybridized carbons (Fsp3) is 0.478. The summed E-state index contributed by atoms with van der Waals surface area (Å²) in [5.74, 6) is 0. The van der Waals surface area contributed by atoms with E-state index in [0.29, 0.717) is 24.2 Å². The fourth-order valence-corrected chi connectivity index (χ4v) is 4.92. The molecule has 1 aliphatic heterocycles. The number of benzene rings is 2. The van der Waals surface area contributed by atoms with Crippen molar-refractivity contribution in [2.75, 3.05) is 6.67 Å². The van der Waals surface area contributed by atoms with Crippen molar-refractivity contribution in [1.29, 1.82) is 0 Å². The van der Waals surface area contributed by atoms with Crippen molar-refractivity contribution in [2.45, 2.75) is 63.4 Å². The molecule has 0 radical (unpaired) electrons. The third kappa shape index (κ3) is 3.32. The van der Waals surface area contributed by atoms with Crippen LogP contribution in [0.4, 0.5) is 0 Å². The monoisotopic (exact) mass is 350 g/mol. The molecular weight excluding hydrogens is 320 g/mol. The first-order chi connectivity index (χ1) is 12.6. The van der Waals surface area contributed by atoms with Gasteiger partial charge in [-0.05, 0) is 44.2 Å². The van der Waals surface area contributed by atoms with Crippen LogP contribution in [-0.4, -0.2) is 39.8 Å². The van der Waals surface area contributed by atoms with Crippen LogP contribution in [0.5, 0.6) is 0 Å². The van der Waals surface area contributed by atoms with E-state index in [1.165, 1.54) is 11.1 Å². The van der Waals surface area contributed by atoms with Gasteiger partial charge in [0, 0.05) is 24.2 Å². The van der Waals surface area contributed by atoms with Crippen LogP contribution in [0.1, 0.15) is 56.3 Å². The predicted octanol–water partition coefficient (Wildman–Crippen LogP) is 4.37. The Morgan fingerprint density at radius 1 is 0.769 bits per heavy atom. The van der Waals surface area contributed by atoms with Crippen LogP contribution < -0.4 is 0 Å². The minimum Gasteiger partial charge on any atom is -0.393 e. The predicted molar refractivity (Wildman–Crippen MR) is 106 cm³/mol. The lowest BCUT2D eigenvalue weighted by Gasteiger charge is -2.38. The van der Waals surface area contributed by atoms with Crippen LogP contribution in [0.15, 0.2) is 60.7 Å². The Hall–Kier alpha value is -1.68. The van der Waals surface area contributed by atoms with Crippen LogP contribution in [0.3, 0.4) is 0 Å². The smallest absolute Gasteiger partial charge is 0.0556 e. The summed E-state index contributed by atoms with van der Waals surface area (Å²) in [6.45, 7) is 5.60. The van der Waals surface area contributed by atoms with Gasteiger partial charge in [0.2, 0.25) is 0 Å². The SMILES string of the molecule is C[C@@H](c1ccccc1)N1CN([C@@H](C)c2ccccc2)[C@@H]2C[C@H](O)CC[C@H]21. The summed E-state index contributed by atoms with van der Waals surface area (Å²) in [6, 6.07) is 23.3. The number of rotatable bonds is 4. The van der Waals surface area contributed by atoms with Gasteiger partial charge in [-0.25, -0.2) is 0 Å². The van der Waals surface area contributed by atoms with Crippen molar-refractivity contribution in [2.24, 2.45) is 0 Å². The van der Waals surface area contributed by atoms with Gasteiger partial charge in [-0.1, -0.05) is 60.7 Å². The molecule has 1 heterocycles. The molecule has 5 atom stereocenters. The van der Waals surface area contributed by atoms with Gasteiger partial charge in [-0.3, -0.25) is 9.80 Å². The molecule has 1 aliphatic carbocycles. The first kappa shape index (κ1) is 17.7. The van der Waals surface area contributed by atoms with Crippen LogP contribution in [-0.2, 0) is 0 Å². The summed E-state index contributed by atoms with van der Waals surface area (Å²) >= 11 is 0. The third-order valence-corrected chi connectivity index (χ3v) is 6.49. The van der Waals surface area contributed by atoms with Crippen molar-refractivity contribution in [3.05, 3.63) is 71.8 Å². The van der Waals surface area contributed by atoms with Gasteiger partial charge in [0.05, 0.1) is 12.8 Å². The van der Waals surface area contributed by atoms with E-state index in [0.717, 1.165) is 25.9 Å². The van der Waals surface area contributed by atoms with Crippen molar-refractivity contribution < 1.29 is 5.11 Å². The third-order valence-electron chi connectivity index (χ3n) is 6.49. The first-order valence-electron chi connectivity index (χ1n) is 9.94. The van der Waals surface area contributed by atoms with Crippen molar-refractivity contribution in [3.63, 3.8) is 0 Å². The summed E-state index contributed by atoms with van der Waals surface area (Å²) in [6.07, 6.45) is 2.74. The second kappa shape index (κ2) is 7.51. The molecule has 3 nitrogen and oxygen atoms in total. The Kier molecular flexibility index (Phi) is 5.12. The molecule has 0 spiro atoms. The number of nitrogens with zero attached hydrogens (tertiary/aromatic N) is 2. The number of aliphatic hydroxyl groups excluding tert-OH is 1. The second-order valence-electron chi connectivity index (χ2n) is 7.94. The van der Waals surface area contributed by atoms with Crippen molar-refractivity contribution in [3.8, 4) is 0 Å². The van der Waals surface area contributed by atoms with E-state index in [1.807, 2.05) is 0 Å². The lowest BCUT2D eigenvalue weighted by molar-refractivity contribution is 0.0586. The number of aliphatic hydroxyl groups is 1. The van der Waals surface area contributed by atoms with E-state index < -0.39 is 0 Å². The first-order valence-corrected chi connectivity index (χ1v) is 9.94. The maximum absolute atomic E-state index is 10.3. The van der Waals surface area contributed by atoms with Crippen LogP contribution in [0, 0.1) is 0 Å². The van der Waals surface area contributed by atoms with Gasteiger partial charge >= 0.3 is 0 Å². The van der Waals surface area contributed by atoms with Gasteiger partial charge in [0.15, 0.2) is 0 Å². The average Bonchev–Trinajstić information content (AvgIpc) is 3.06. The minimum absolute atomic E-state index is 0.159. The Bertz CT molecular complexity index is 705. The molecule has 2 aromatic carbocycles. The standard InChI is InChI=1S/C23H30N2O/c1-17(19-9-5-3-6-10-19)24-16-25(18(2)20-11-7-4-8-12-20)23-15-21(26)13-14-22(23)24/h3-12,17-18,21-23,26H,13-16H2,1-2H3/t17-,18-,21+,22+,23+/m0/s1. The van der Waals surface area contributed by atoms with Crippen molar-refractivity contribution >= 4 is 0 Å². The normalized spacial score (nSPS) is 29.3. The average molecular weight is 351 g/mol. The van der Waals surface area contributed by atoms with Crippen molar-refractivity contribution in [1.82, 2.24) is 9.80 Å². The van der Waals surface area contributed by atoms with E-state index >= 15 is 0 Å². The molecule has 0 amide bonds. The molecule has 138 valence electrons. The Morgan fingerprint density at radius 2 is 1.27 bits per heavy atom. The van der Waals surface area contributed by atoms with Crippen LogP contribution in [0.25, 0.3) is 0 Å². The summed E-state index contributed by atoms with van der Waals surface area (Å²) < 4.78 is 0. The molecule has 0 bridgehead atoms. The summed E-state index contributed by atoms with van der Waals surface area (Å²) in [5, 5.41) is 10.3. The highest BCUT2D eigenvalue weighted by Crippen LogP contribution is 2.41. The Labute approximate surface area is 157 Å². The lowest BCUT2D eigenvalue weighted by atomic mass is 9.86. The van der Waals surface area contributed by atoms with Gasteiger partial charge in [-0.2, -0.15) is 0 Å². The molecule has 26 heavy (non-hydrogen) atoms. The molecule has 2 aliphatic rings. The molecule has 3 heteroatoms. The second-order valence-corrected chi connectivity index (χ2v) is 7.94. The number of fused-ring (bicyclic) bond motifs is 1. The molecule has 1 N–H and O–H groups in total. The molecular formula is C23H30N2O.